The highest BCUT2D eigenvalue weighted by atomic mass is 35.5. The fourth-order valence-corrected chi connectivity index (χ4v) is 3.91. The molecule has 0 bridgehead atoms. The van der Waals surface area contributed by atoms with Crippen LogP contribution in [0.2, 0.25) is 5.02 Å². The topological polar surface area (TPSA) is 76.3 Å². The van der Waals surface area contributed by atoms with Crippen LogP contribution in [-0.4, -0.2) is 22.4 Å². The van der Waals surface area contributed by atoms with Gasteiger partial charge in [-0.05, 0) is 43.2 Å². The standard InChI is InChI=1S/C19H16ClN3O3S/c1-3-22(19-21-18-12(2)5-4-6-16(18)27-19)17(24)10-8-13-7-9-14(20)15(11-13)23(25)26/h4-11H,3H2,1-2H3/b10-8+. The van der Waals surface area contributed by atoms with Crippen molar-refractivity contribution in [3.63, 3.8) is 0 Å². The van der Waals surface area contributed by atoms with E-state index in [2.05, 4.69) is 4.98 Å². The van der Waals surface area contributed by atoms with E-state index < -0.39 is 4.92 Å². The number of thiazole rings is 1. The summed E-state index contributed by atoms with van der Waals surface area (Å²) in [5, 5.41) is 11.7. The zero-order chi connectivity index (χ0) is 19.6. The van der Waals surface area contributed by atoms with Crippen LogP contribution in [0, 0.1) is 17.0 Å². The van der Waals surface area contributed by atoms with Crippen molar-refractivity contribution >= 4 is 56.0 Å². The lowest BCUT2D eigenvalue weighted by Crippen LogP contribution is -2.28. The Kier molecular flexibility index (Phi) is 5.53. The zero-order valence-corrected chi connectivity index (χ0v) is 16.3. The highest BCUT2D eigenvalue weighted by Crippen LogP contribution is 2.31. The van der Waals surface area contributed by atoms with E-state index in [-0.39, 0.29) is 16.6 Å². The Morgan fingerprint density at radius 3 is 2.81 bits per heavy atom. The number of nitro benzene ring substituents is 1. The summed E-state index contributed by atoms with van der Waals surface area (Å²) < 4.78 is 1.02. The van der Waals surface area contributed by atoms with Crippen LogP contribution in [0.25, 0.3) is 16.3 Å². The Morgan fingerprint density at radius 1 is 1.37 bits per heavy atom. The van der Waals surface area contributed by atoms with Crippen LogP contribution in [0.1, 0.15) is 18.1 Å². The van der Waals surface area contributed by atoms with Crippen LogP contribution in [0.15, 0.2) is 42.5 Å². The largest absolute Gasteiger partial charge is 0.288 e. The number of fused-ring (bicyclic) bond motifs is 1. The molecule has 0 saturated carbocycles. The van der Waals surface area contributed by atoms with Gasteiger partial charge < -0.3 is 0 Å². The van der Waals surface area contributed by atoms with Gasteiger partial charge in [-0.2, -0.15) is 0 Å². The minimum absolute atomic E-state index is 0.0588. The number of aromatic nitrogens is 1. The molecule has 0 aliphatic heterocycles. The van der Waals surface area contributed by atoms with Gasteiger partial charge in [-0.15, -0.1) is 0 Å². The first-order valence-corrected chi connectivity index (χ1v) is 9.40. The Labute approximate surface area is 164 Å². The van der Waals surface area contributed by atoms with E-state index >= 15 is 0 Å². The molecule has 8 heteroatoms. The Morgan fingerprint density at radius 2 is 2.15 bits per heavy atom. The van der Waals surface area contributed by atoms with Gasteiger partial charge in [0.15, 0.2) is 5.13 Å². The molecule has 2 aromatic carbocycles. The van der Waals surface area contributed by atoms with Crippen LogP contribution in [0.3, 0.4) is 0 Å². The maximum Gasteiger partial charge on any atom is 0.288 e. The van der Waals surface area contributed by atoms with E-state index in [0.29, 0.717) is 17.2 Å². The van der Waals surface area contributed by atoms with Gasteiger partial charge in [0.25, 0.3) is 11.6 Å². The molecule has 0 radical (unpaired) electrons. The number of carbonyl (C=O) groups excluding carboxylic acids is 1. The molecule has 0 aliphatic rings. The van der Waals surface area contributed by atoms with Gasteiger partial charge in [-0.1, -0.05) is 41.1 Å². The van der Waals surface area contributed by atoms with Gasteiger partial charge >= 0.3 is 0 Å². The molecule has 0 atom stereocenters. The van der Waals surface area contributed by atoms with Gasteiger partial charge in [0.2, 0.25) is 0 Å². The number of carbonyl (C=O) groups is 1. The van der Waals surface area contributed by atoms with Crippen LogP contribution in [0.5, 0.6) is 0 Å². The van der Waals surface area contributed by atoms with E-state index in [9.17, 15) is 14.9 Å². The molecule has 0 N–H and O–H groups in total. The number of halogens is 1. The summed E-state index contributed by atoms with van der Waals surface area (Å²) in [6, 6.07) is 10.3. The smallest absolute Gasteiger partial charge is 0.285 e. The van der Waals surface area contributed by atoms with Crippen molar-refractivity contribution in [3.05, 3.63) is 68.7 Å². The molecule has 3 aromatic rings. The molecule has 6 nitrogen and oxygen atoms in total. The number of aryl methyl sites for hydroxylation is 1. The number of rotatable bonds is 5. The summed E-state index contributed by atoms with van der Waals surface area (Å²) in [7, 11) is 0. The van der Waals surface area contributed by atoms with Gasteiger partial charge in [-0.25, -0.2) is 4.98 Å². The Bertz CT molecular complexity index is 1060. The molecule has 0 aliphatic carbocycles. The summed E-state index contributed by atoms with van der Waals surface area (Å²) in [6.07, 6.45) is 2.92. The predicted octanol–water partition coefficient (Wildman–Crippen LogP) is 5.23. The summed E-state index contributed by atoms with van der Waals surface area (Å²) in [5.41, 5.74) is 2.28. The number of benzene rings is 2. The Balaban J connectivity index is 1.86. The van der Waals surface area contributed by atoms with Crippen molar-refractivity contribution in [1.82, 2.24) is 4.98 Å². The molecule has 138 valence electrons. The van der Waals surface area contributed by atoms with Gasteiger partial charge in [0.1, 0.15) is 5.02 Å². The molecule has 1 amide bonds. The minimum Gasteiger partial charge on any atom is -0.285 e. The summed E-state index contributed by atoms with van der Waals surface area (Å²) in [4.78, 5) is 29.2. The van der Waals surface area contributed by atoms with Crippen LogP contribution >= 0.6 is 22.9 Å². The number of nitrogens with zero attached hydrogens (tertiary/aromatic N) is 3. The Hall–Kier alpha value is -2.77. The second-order valence-electron chi connectivity index (χ2n) is 5.80. The number of likely N-dealkylation sites (N-methyl/N-ethyl adjacent to an activating group) is 1. The number of amides is 1. The first kappa shape index (κ1) is 19.0. The van der Waals surface area contributed by atoms with Crippen molar-refractivity contribution in [2.24, 2.45) is 0 Å². The maximum atomic E-state index is 12.6. The third-order valence-electron chi connectivity index (χ3n) is 4.01. The number of nitro groups is 1. The SMILES string of the molecule is CCN(C(=O)/C=C/c1ccc(Cl)c([N+](=O)[O-])c1)c1nc2c(C)cccc2s1. The van der Waals surface area contributed by atoms with Gasteiger partial charge in [0.05, 0.1) is 15.1 Å². The third-order valence-corrected chi connectivity index (χ3v) is 5.37. The zero-order valence-electron chi connectivity index (χ0n) is 14.7. The summed E-state index contributed by atoms with van der Waals surface area (Å²) in [6.45, 7) is 4.32. The van der Waals surface area contributed by atoms with Gasteiger partial charge in [-0.3, -0.25) is 19.8 Å². The lowest BCUT2D eigenvalue weighted by Gasteiger charge is -2.15. The molecular formula is C19H16ClN3O3S. The number of hydrogen-bond donors (Lipinski definition) is 0. The molecule has 0 saturated heterocycles. The number of hydrogen-bond acceptors (Lipinski definition) is 5. The van der Waals surface area contributed by atoms with Crippen molar-refractivity contribution in [2.75, 3.05) is 11.4 Å². The number of para-hydroxylation sites is 1. The average molecular weight is 402 g/mol. The lowest BCUT2D eigenvalue weighted by atomic mass is 10.2. The third kappa shape index (κ3) is 3.99. The average Bonchev–Trinajstić information content (AvgIpc) is 3.06. The molecular weight excluding hydrogens is 386 g/mol. The monoisotopic (exact) mass is 401 g/mol. The van der Waals surface area contributed by atoms with E-state index in [1.54, 1.807) is 11.0 Å². The molecule has 0 spiro atoms. The molecule has 1 aromatic heterocycles. The molecule has 0 unspecified atom stereocenters. The molecule has 1 heterocycles. The van der Waals surface area contributed by atoms with Crippen molar-refractivity contribution in [3.8, 4) is 0 Å². The van der Waals surface area contributed by atoms with Crippen molar-refractivity contribution in [1.29, 1.82) is 0 Å². The summed E-state index contributed by atoms with van der Waals surface area (Å²) in [5.74, 6) is -0.244. The number of anilines is 1. The van der Waals surface area contributed by atoms with E-state index in [4.69, 9.17) is 11.6 Å². The van der Waals surface area contributed by atoms with Crippen LogP contribution < -0.4 is 4.90 Å². The van der Waals surface area contributed by atoms with Crippen LogP contribution in [-0.2, 0) is 4.79 Å². The molecule has 0 fully saturated rings. The van der Waals surface area contributed by atoms with Crippen molar-refractivity contribution in [2.45, 2.75) is 13.8 Å². The van der Waals surface area contributed by atoms with Crippen LogP contribution in [0.4, 0.5) is 10.8 Å². The first-order chi connectivity index (χ1) is 12.9. The van der Waals surface area contributed by atoms with E-state index in [1.807, 2.05) is 32.0 Å². The maximum absolute atomic E-state index is 12.6. The van der Waals surface area contributed by atoms with E-state index in [0.717, 1.165) is 15.8 Å². The highest BCUT2D eigenvalue weighted by Gasteiger charge is 2.17. The normalized spacial score (nSPS) is 11.2. The fraction of sp³-hybridized carbons (Fsp3) is 0.158. The lowest BCUT2D eigenvalue weighted by molar-refractivity contribution is -0.384. The first-order valence-electron chi connectivity index (χ1n) is 8.20. The second kappa shape index (κ2) is 7.85. The quantitative estimate of drug-likeness (QED) is 0.333. The molecule has 27 heavy (non-hydrogen) atoms. The highest BCUT2D eigenvalue weighted by molar-refractivity contribution is 7.22. The molecule has 3 rings (SSSR count). The fourth-order valence-electron chi connectivity index (χ4n) is 2.61. The summed E-state index contributed by atoms with van der Waals surface area (Å²) >= 11 is 7.27. The second-order valence-corrected chi connectivity index (χ2v) is 7.22. The predicted molar refractivity (Wildman–Crippen MR) is 110 cm³/mol. The minimum atomic E-state index is -0.552. The van der Waals surface area contributed by atoms with Crippen molar-refractivity contribution < 1.29 is 9.72 Å². The van der Waals surface area contributed by atoms with E-state index in [1.165, 1.54) is 35.6 Å². The van der Waals surface area contributed by atoms with Gasteiger partial charge in [0, 0.05) is 18.7 Å².